The molecular formula is C11H12N4. The number of rotatable bonds is 2. The van der Waals surface area contributed by atoms with E-state index in [0.29, 0.717) is 0 Å². The minimum absolute atomic E-state index is 0.844. The highest BCUT2D eigenvalue weighted by Gasteiger charge is 2.02. The molecule has 0 aromatic carbocycles. The molecule has 4 heteroatoms. The van der Waals surface area contributed by atoms with Crippen LogP contribution >= 0.6 is 0 Å². The Balaban J connectivity index is 2.49. The molecule has 0 saturated carbocycles. The van der Waals surface area contributed by atoms with Gasteiger partial charge in [0.1, 0.15) is 0 Å². The Morgan fingerprint density at radius 3 is 2.87 bits per heavy atom. The van der Waals surface area contributed by atoms with Crippen LogP contribution in [0.3, 0.4) is 0 Å². The van der Waals surface area contributed by atoms with Gasteiger partial charge in [0, 0.05) is 24.2 Å². The summed E-state index contributed by atoms with van der Waals surface area (Å²) in [5.41, 5.74) is 6.51. The van der Waals surface area contributed by atoms with Crippen LogP contribution in [0.2, 0.25) is 0 Å². The number of nitrogen functional groups attached to an aromatic ring is 1. The number of anilines is 1. The predicted octanol–water partition coefficient (Wildman–Crippen LogP) is 1.74. The van der Waals surface area contributed by atoms with Gasteiger partial charge in [0.25, 0.3) is 0 Å². The van der Waals surface area contributed by atoms with E-state index in [1.807, 2.05) is 31.3 Å². The number of pyridine rings is 2. The van der Waals surface area contributed by atoms with Gasteiger partial charge in [-0.05, 0) is 30.7 Å². The Labute approximate surface area is 88.2 Å². The van der Waals surface area contributed by atoms with Gasteiger partial charge in [-0.2, -0.15) is 0 Å². The van der Waals surface area contributed by atoms with Crippen molar-refractivity contribution < 1.29 is 0 Å². The second kappa shape index (κ2) is 4.06. The highest BCUT2D eigenvalue weighted by Crippen LogP contribution is 2.21. The van der Waals surface area contributed by atoms with Gasteiger partial charge >= 0.3 is 0 Å². The van der Waals surface area contributed by atoms with Gasteiger partial charge in [-0.1, -0.05) is 0 Å². The topological polar surface area (TPSA) is 63.8 Å². The molecule has 15 heavy (non-hydrogen) atoms. The number of hydrogen-bond acceptors (Lipinski definition) is 4. The van der Waals surface area contributed by atoms with Gasteiger partial charge in [-0.25, -0.2) is 0 Å². The Hall–Kier alpha value is -1.94. The molecule has 2 heterocycles. The fourth-order valence-electron chi connectivity index (χ4n) is 1.43. The number of nitrogens with two attached hydrogens (primary N) is 1. The third-order valence-corrected chi connectivity index (χ3v) is 2.22. The number of hydrazine groups is 1. The van der Waals surface area contributed by atoms with Crippen molar-refractivity contribution in [3.8, 4) is 11.3 Å². The Kier molecular flexibility index (Phi) is 2.60. The van der Waals surface area contributed by atoms with E-state index < -0.39 is 0 Å². The lowest BCUT2D eigenvalue weighted by Crippen LogP contribution is -2.06. The van der Waals surface area contributed by atoms with Crippen LogP contribution in [0.15, 0.2) is 36.8 Å². The lowest BCUT2D eigenvalue weighted by Gasteiger charge is -2.05. The molecule has 76 valence electrons. The molecule has 0 aliphatic carbocycles. The molecule has 0 saturated heterocycles. The molecule has 0 radical (unpaired) electrons. The van der Waals surface area contributed by atoms with E-state index in [9.17, 15) is 0 Å². The summed E-state index contributed by atoms with van der Waals surface area (Å²) >= 11 is 0. The molecular weight excluding hydrogens is 188 g/mol. The van der Waals surface area contributed by atoms with Gasteiger partial charge in [0.05, 0.1) is 11.4 Å². The molecule has 0 aliphatic heterocycles. The molecule has 2 rings (SSSR count). The average Bonchev–Trinajstić information content (AvgIpc) is 2.30. The summed E-state index contributed by atoms with van der Waals surface area (Å²) in [6, 6.07) is 5.67. The summed E-state index contributed by atoms with van der Waals surface area (Å²) in [7, 11) is 0. The molecule has 2 aromatic rings. The van der Waals surface area contributed by atoms with Crippen LogP contribution in [0.5, 0.6) is 0 Å². The van der Waals surface area contributed by atoms with Crippen LogP contribution < -0.4 is 11.3 Å². The third-order valence-electron chi connectivity index (χ3n) is 2.22. The maximum absolute atomic E-state index is 5.34. The van der Waals surface area contributed by atoms with Crippen molar-refractivity contribution in [3.05, 3.63) is 42.4 Å². The minimum atomic E-state index is 0.844. The zero-order valence-electron chi connectivity index (χ0n) is 8.44. The first-order valence-corrected chi connectivity index (χ1v) is 4.65. The van der Waals surface area contributed by atoms with Crippen molar-refractivity contribution in [1.29, 1.82) is 0 Å². The van der Waals surface area contributed by atoms with E-state index in [-0.39, 0.29) is 0 Å². The van der Waals surface area contributed by atoms with Crippen LogP contribution in [0.25, 0.3) is 11.3 Å². The highest BCUT2D eigenvalue weighted by molar-refractivity contribution is 5.66. The summed E-state index contributed by atoms with van der Waals surface area (Å²) in [5, 5.41) is 0. The third kappa shape index (κ3) is 1.94. The van der Waals surface area contributed by atoms with E-state index in [1.165, 1.54) is 0 Å². The Morgan fingerprint density at radius 2 is 2.13 bits per heavy atom. The number of nitrogens with one attached hydrogen (secondary N) is 1. The average molecular weight is 200 g/mol. The summed E-state index contributed by atoms with van der Waals surface area (Å²) in [6.07, 6.45) is 5.30. The molecule has 0 unspecified atom stereocenters. The van der Waals surface area contributed by atoms with Crippen molar-refractivity contribution in [2.24, 2.45) is 5.84 Å². The predicted molar refractivity (Wildman–Crippen MR) is 60.0 cm³/mol. The van der Waals surface area contributed by atoms with E-state index in [4.69, 9.17) is 5.84 Å². The fourth-order valence-corrected chi connectivity index (χ4v) is 1.43. The Bertz CT molecular complexity index is 468. The zero-order chi connectivity index (χ0) is 10.7. The van der Waals surface area contributed by atoms with E-state index in [0.717, 1.165) is 22.5 Å². The second-order valence-electron chi connectivity index (χ2n) is 3.26. The first-order chi connectivity index (χ1) is 7.31. The maximum atomic E-state index is 5.34. The smallest absolute Gasteiger partial charge is 0.0726 e. The SMILES string of the molecule is Cc1cnccc1-c1cc(NN)ccn1. The summed E-state index contributed by atoms with van der Waals surface area (Å²) in [6.45, 7) is 2.01. The first kappa shape index (κ1) is 9.61. The van der Waals surface area contributed by atoms with E-state index >= 15 is 0 Å². The van der Waals surface area contributed by atoms with Crippen molar-refractivity contribution >= 4 is 5.69 Å². The van der Waals surface area contributed by atoms with Crippen LogP contribution in [0.4, 0.5) is 5.69 Å². The second-order valence-corrected chi connectivity index (χ2v) is 3.26. The van der Waals surface area contributed by atoms with Gasteiger partial charge in [0.15, 0.2) is 0 Å². The standard InChI is InChI=1S/C11H12N4/c1-8-7-13-4-3-10(8)11-6-9(15-12)2-5-14-11/h2-7H,12H2,1H3,(H,14,15). The number of aryl methyl sites for hydroxylation is 1. The van der Waals surface area contributed by atoms with Crippen molar-refractivity contribution in [1.82, 2.24) is 9.97 Å². The van der Waals surface area contributed by atoms with Crippen molar-refractivity contribution in [2.75, 3.05) is 5.43 Å². The molecule has 2 aromatic heterocycles. The van der Waals surface area contributed by atoms with Crippen LogP contribution in [0, 0.1) is 6.92 Å². The summed E-state index contributed by atoms with van der Waals surface area (Å²) < 4.78 is 0. The summed E-state index contributed by atoms with van der Waals surface area (Å²) in [5.74, 6) is 5.34. The van der Waals surface area contributed by atoms with Crippen molar-refractivity contribution in [2.45, 2.75) is 6.92 Å². The van der Waals surface area contributed by atoms with Crippen LogP contribution in [-0.2, 0) is 0 Å². The minimum Gasteiger partial charge on any atom is -0.324 e. The molecule has 0 atom stereocenters. The first-order valence-electron chi connectivity index (χ1n) is 4.65. The van der Waals surface area contributed by atoms with Crippen molar-refractivity contribution in [3.63, 3.8) is 0 Å². The number of aromatic nitrogens is 2. The van der Waals surface area contributed by atoms with E-state index in [1.54, 1.807) is 12.4 Å². The largest absolute Gasteiger partial charge is 0.324 e. The number of nitrogens with zero attached hydrogens (tertiary/aromatic N) is 2. The van der Waals surface area contributed by atoms with E-state index in [2.05, 4.69) is 15.4 Å². The normalized spacial score (nSPS) is 10.0. The Morgan fingerprint density at radius 1 is 1.27 bits per heavy atom. The zero-order valence-corrected chi connectivity index (χ0v) is 8.44. The molecule has 0 spiro atoms. The van der Waals surface area contributed by atoms with Crippen LogP contribution in [-0.4, -0.2) is 9.97 Å². The fraction of sp³-hybridized carbons (Fsp3) is 0.0909. The number of hydrogen-bond donors (Lipinski definition) is 2. The maximum Gasteiger partial charge on any atom is 0.0726 e. The van der Waals surface area contributed by atoms with Gasteiger partial charge in [0.2, 0.25) is 0 Å². The van der Waals surface area contributed by atoms with Gasteiger partial charge < -0.3 is 5.43 Å². The highest BCUT2D eigenvalue weighted by atomic mass is 15.2. The quantitative estimate of drug-likeness (QED) is 0.572. The molecule has 0 fully saturated rings. The van der Waals surface area contributed by atoms with Gasteiger partial charge in [-0.3, -0.25) is 15.8 Å². The molecule has 0 aliphatic rings. The molecule has 0 amide bonds. The molecule has 3 N–H and O–H groups in total. The van der Waals surface area contributed by atoms with Crippen LogP contribution in [0.1, 0.15) is 5.56 Å². The molecule has 0 bridgehead atoms. The van der Waals surface area contributed by atoms with Gasteiger partial charge in [-0.15, -0.1) is 0 Å². The molecule has 4 nitrogen and oxygen atoms in total. The lowest BCUT2D eigenvalue weighted by molar-refractivity contribution is 1.23. The monoisotopic (exact) mass is 200 g/mol. The summed E-state index contributed by atoms with van der Waals surface area (Å²) in [4.78, 5) is 8.34. The lowest BCUT2D eigenvalue weighted by atomic mass is 10.1.